The van der Waals surface area contributed by atoms with Crippen molar-refractivity contribution < 1.29 is 9.53 Å². The first-order chi connectivity index (χ1) is 9.22. The summed E-state index contributed by atoms with van der Waals surface area (Å²) in [6.07, 6.45) is 10.6. The molecule has 1 fully saturated rings. The fourth-order valence-electron chi connectivity index (χ4n) is 2.36. The minimum absolute atomic E-state index is 0.234. The zero-order chi connectivity index (χ0) is 14.1. The molecule has 0 heterocycles. The standard InChI is InChI=1S/C16H23NO2/c1-3-5-6-7-13-8-10-14(11-9-13)15(12-17)16(18)19-4-2/h6-7,13H,3-5,8-11H2,1-2H3/b7-6+,15-14?. The molecule has 3 heteroatoms. The van der Waals surface area contributed by atoms with Gasteiger partial charge in [-0.3, -0.25) is 0 Å². The fraction of sp³-hybridized carbons (Fsp3) is 0.625. The van der Waals surface area contributed by atoms with Gasteiger partial charge in [-0.05, 0) is 50.5 Å². The van der Waals surface area contributed by atoms with Gasteiger partial charge < -0.3 is 4.74 Å². The summed E-state index contributed by atoms with van der Waals surface area (Å²) in [6.45, 7) is 4.25. The lowest BCUT2D eigenvalue weighted by atomic mass is 9.83. The van der Waals surface area contributed by atoms with E-state index in [1.165, 1.54) is 6.42 Å². The molecule has 0 amide bonds. The number of unbranched alkanes of at least 4 members (excludes halogenated alkanes) is 1. The molecule has 0 aromatic heterocycles. The zero-order valence-corrected chi connectivity index (χ0v) is 11.9. The highest BCUT2D eigenvalue weighted by Gasteiger charge is 2.21. The molecule has 1 saturated carbocycles. The van der Waals surface area contributed by atoms with Crippen LogP contribution in [-0.4, -0.2) is 12.6 Å². The van der Waals surface area contributed by atoms with E-state index >= 15 is 0 Å². The van der Waals surface area contributed by atoms with Gasteiger partial charge in [0.25, 0.3) is 0 Å². The number of nitriles is 1. The summed E-state index contributed by atoms with van der Waals surface area (Å²) in [5.74, 6) is 0.136. The molecule has 1 aliphatic rings. The van der Waals surface area contributed by atoms with E-state index in [4.69, 9.17) is 10.00 Å². The molecular weight excluding hydrogens is 238 g/mol. The summed E-state index contributed by atoms with van der Waals surface area (Å²) >= 11 is 0. The molecule has 1 rings (SSSR count). The van der Waals surface area contributed by atoms with E-state index in [-0.39, 0.29) is 5.57 Å². The van der Waals surface area contributed by atoms with Gasteiger partial charge in [0, 0.05) is 0 Å². The minimum atomic E-state index is -0.458. The number of rotatable bonds is 5. The third kappa shape index (κ3) is 4.90. The Morgan fingerprint density at radius 3 is 2.63 bits per heavy atom. The second-order valence-corrected chi connectivity index (χ2v) is 4.87. The van der Waals surface area contributed by atoms with Crippen molar-refractivity contribution in [3.8, 4) is 6.07 Å². The maximum atomic E-state index is 11.6. The maximum Gasteiger partial charge on any atom is 0.348 e. The predicted octanol–water partition coefficient (Wildman–Crippen LogP) is 3.92. The van der Waals surface area contributed by atoms with Crippen molar-refractivity contribution in [3.05, 3.63) is 23.3 Å². The van der Waals surface area contributed by atoms with Crippen LogP contribution in [0.1, 0.15) is 52.4 Å². The van der Waals surface area contributed by atoms with Gasteiger partial charge in [0.15, 0.2) is 0 Å². The van der Waals surface area contributed by atoms with Crippen molar-refractivity contribution in [3.63, 3.8) is 0 Å². The molecule has 0 bridgehead atoms. The largest absolute Gasteiger partial charge is 0.462 e. The number of allylic oxidation sites excluding steroid dienone is 3. The van der Waals surface area contributed by atoms with Gasteiger partial charge in [-0.1, -0.05) is 25.5 Å². The highest BCUT2D eigenvalue weighted by Crippen LogP contribution is 2.31. The average Bonchev–Trinajstić information content (AvgIpc) is 2.42. The molecular formula is C16H23NO2. The smallest absolute Gasteiger partial charge is 0.348 e. The Morgan fingerprint density at radius 2 is 2.11 bits per heavy atom. The summed E-state index contributed by atoms with van der Waals surface area (Å²) in [6, 6.07) is 2.01. The first kappa shape index (κ1) is 15.5. The second-order valence-electron chi connectivity index (χ2n) is 4.87. The third-order valence-corrected chi connectivity index (χ3v) is 3.44. The van der Waals surface area contributed by atoms with Crippen molar-refractivity contribution in [2.24, 2.45) is 5.92 Å². The number of ether oxygens (including phenoxy) is 1. The Bertz CT molecular complexity index is 391. The predicted molar refractivity (Wildman–Crippen MR) is 75.3 cm³/mol. The summed E-state index contributed by atoms with van der Waals surface area (Å²) < 4.78 is 4.92. The van der Waals surface area contributed by atoms with Crippen LogP contribution in [0.4, 0.5) is 0 Å². The molecule has 3 nitrogen and oxygen atoms in total. The molecule has 0 aromatic carbocycles. The minimum Gasteiger partial charge on any atom is -0.462 e. The highest BCUT2D eigenvalue weighted by atomic mass is 16.5. The van der Waals surface area contributed by atoms with Crippen LogP contribution < -0.4 is 0 Å². The average molecular weight is 261 g/mol. The molecule has 0 N–H and O–H groups in total. The van der Waals surface area contributed by atoms with Gasteiger partial charge in [0.05, 0.1) is 6.61 Å². The van der Waals surface area contributed by atoms with Crippen LogP contribution in [0.25, 0.3) is 0 Å². The number of hydrogen-bond donors (Lipinski definition) is 0. The molecule has 0 radical (unpaired) electrons. The lowest BCUT2D eigenvalue weighted by Crippen LogP contribution is -2.13. The molecule has 0 unspecified atom stereocenters. The Balaban J connectivity index is 2.60. The van der Waals surface area contributed by atoms with Crippen LogP contribution in [0.15, 0.2) is 23.3 Å². The van der Waals surface area contributed by atoms with Gasteiger partial charge in [0.2, 0.25) is 0 Å². The lowest BCUT2D eigenvalue weighted by molar-refractivity contribution is -0.138. The van der Waals surface area contributed by atoms with Crippen LogP contribution in [-0.2, 0) is 9.53 Å². The van der Waals surface area contributed by atoms with E-state index in [1.54, 1.807) is 6.92 Å². The number of hydrogen-bond acceptors (Lipinski definition) is 3. The van der Waals surface area contributed by atoms with Gasteiger partial charge in [-0.25, -0.2) is 4.79 Å². The molecule has 0 atom stereocenters. The van der Waals surface area contributed by atoms with E-state index in [0.717, 1.165) is 37.7 Å². The Morgan fingerprint density at radius 1 is 1.42 bits per heavy atom. The number of carbonyl (C=O) groups excluding carboxylic acids is 1. The zero-order valence-electron chi connectivity index (χ0n) is 11.9. The topological polar surface area (TPSA) is 50.1 Å². The fourth-order valence-corrected chi connectivity index (χ4v) is 2.36. The summed E-state index contributed by atoms with van der Waals surface area (Å²) in [7, 11) is 0. The Hall–Kier alpha value is -1.56. The normalized spacial score (nSPS) is 19.2. The van der Waals surface area contributed by atoms with E-state index in [0.29, 0.717) is 12.5 Å². The van der Waals surface area contributed by atoms with E-state index < -0.39 is 5.97 Å². The van der Waals surface area contributed by atoms with E-state index in [1.807, 2.05) is 6.07 Å². The second kappa shape index (κ2) is 8.53. The van der Waals surface area contributed by atoms with Crippen LogP contribution in [0.2, 0.25) is 0 Å². The van der Waals surface area contributed by atoms with Crippen molar-refractivity contribution in [2.45, 2.75) is 52.4 Å². The van der Waals surface area contributed by atoms with Crippen LogP contribution >= 0.6 is 0 Å². The summed E-state index contributed by atoms with van der Waals surface area (Å²) in [4.78, 5) is 11.6. The third-order valence-electron chi connectivity index (χ3n) is 3.44. The highest BCUT2D eigenvalue weighted by molar-refractivity contribution is 5.93. The number of carbonyl (C=O) groups is 1. The van der Waals surface area contributed by atoms with Crippen LogP contribution in [0.3, 0.4) is 0 Å². The van der Waals surface area contributed by atoms with Crippen LogP contribution in [0.5, 0.6) is 0 Å². The SMILES string of the molecule is CCC/C=C/C1CCC(=C(C#N)C(=O)OCC)CC1. The molecule has 0 aliphatic heterocycles. The van der Waals surface area contributed by atoms with Gasteiger partial charge in [0.1, 0.15) is 11.6 Å². The first-order valence-corrected chi connectivity index (χ1v) is 7.18. The molecule has 104 valence electrons. The van der Waals surface area contributed by atoms with Gasteiger partial charge in [-0.15, -0.1) is 0 Å². The van der Waals surface area contributed by atoms with Gasteiger partial charge >= 0.3 is 5.97 Å². The summed E-state index contributed by atoms with van der Waals surface area (Å²) in [5.41, 5.74) is 1.21. The van der Waals surface area contributed by atoms with Crippen molar-refractivity contribution in [2.75, 3.05) is 6.61 Å². The summed E-state index contributed by atoms with van der Waals surface area (Å²) in [5, 5.41) is 9.09. The first-order valence-electron chi connectivity index (χ1n) is 7.18. The molecule has 1 aliphatic carbocycles. The Labute approximate surface area is 115 Å². The molecule has 0 aromatic rings. The van der Waals surface area contributed by atoms with Crippen molar-refractivity contribution >= 4 is 5.97 Å². The molecule has 0 spiro atoms. The quantitative estimate of drug-likeness (QED) is 0.326. The molecule has 0 saturated heterocycles. The Kier molecular flexibility index (Phi) is 6.95. The van der Waals surface area contributed by atoms with Crippen molar-refractivity contribution in [1.29, 1.82) is 5.26 Å². The van der Waals surface area contributed by atoms with Crippen LogP contribution in [0, 0.1) is 17.2 Å². The monoisotopic (exact) mass is 261 g/mol. The van der Waals surface area contributed by atoms with E-state index in [2.05, 4.69) is 19.1 Å². The molecule has 19 heavy (non-hydrogen) atoms. The number of esters is 1. The maximum absolute atomic E-state index is 11.6. The van der Waals surface area contributed by atoms with E-state index in [9.17, 15) is 4.79 Å². The van der Waals surface area contributed by atoms with Gasteiger partial charge in [-0.2, -0.15) is 5.26 Å². The number of nitrogens with zero attached hydrogens (tertiary/aromatic N) is 1. The van der Waals surface area contributed by atoms with Crippen molar-refractivity contribution in [1.82, 2.24) is 0 Å². The lowest BCUT2D eigenvalue weighted by Gasteiger charge is -2.22.